The van der Waals surface area contributed by atoms with Gasteiger partial charge in [0.1, 0.15) is 17.2 Å². The minimum absolute atomic E-state index is 0.124. The van der Waals surface area contributed by atoms with Gasteiger partial charge < -0.3 is 14.7 Å². The number of carbonyl (C=O) groups is 1. The molecule has 6 aromatic rings. The zero-order valence-corrected chi connectivity index (χ0v) is 31.4. The average Bonchev–Trinajstić information content (AvgIpc) is 4.09. The normalized spacial score (nSPS) is 22.1. The first-order valence-corrected chi connectivity index (χ1v) is 20.1. The summed E-state index contributed by atoms with van der Waals surface area (Å²) in [4.78, 5) is 30.8. The smallest absolute Gasteiger partial charge is 0.176 e. The average molecular weight is 731 g/mol. The maximum atomic E-state index is 13.0. The number of aromatic amines is 2. The van der Waals surface area contributed by atoms with Crippen LogP contribution >= 0.6 is 0 Å². The molecule has 4 atom stereocenters. The maximum Gasteiger partial charge on any atom is 0.176 e. The van der Waals surface area contributed by atoms with Crippen LogP contribution in [0.25, 0.3) is 68.6 Å². The first kappa shape index (κ1) is 33.1. The van der Waals surface area contributed by atoms with E-state index in [0.29, 0.717) is 29.3 Å². The second kappa shape index (κ2) is 12.9. The van der Waals surface area contributed by atoms with E-state index in [4.69, 9.17) is 14.7 Å². The molecule has 3 aromatic heterocycles. The number of nitrogens with zero attached hydrogens (tertiary/aromatic N) is 2. The fraction of sp³-hybridized carbons (Fsp3) is 0.220. The van der Waals surface area contributed by atoms with Gasteiger partial charge >= 0.3 is 0 Å². The first-order valence-electron chi connectivity index (χ1n) is 20.1. The minimum Gasteiger partial charge on any atom is -0.453 e. The molecule has 0 spiro atoms. The lowest BCUT2D eigenvalue weighted by Gasteiger charge is -2.48. The number of hydrogen-bond donors (Lipinski definition) is 2. The highest BCUT2D eigenvalue weighted by Crippen LogP contribution is 2.59. The van der Waals surface area contributed by atoms with Gasteiger partial charge in [0.15, 0.2) is 5.75 Å². The summed E-state index contributed by atoms with van der Waals surface area (Å²) in [6.07, 6.45) is 14.4. The molecule has 0 amide bonds. The van der Waals surface area contributed by atoms with Crippen LogP contribution in [0, 0.1) is 17.3 Å². The SMILES string of the molecule is C[C@]12CC[C@@H]3c4ccc(Oc5c6nc(c(-c7ccccc7)c7ccc(cc8nc(c(-c9ccccc9)c9ccc5[nH]9)C=C8)[nH]7)C=C6)cc4CC[C@H]3[C@@H]1CCC2=O. The van der Waals surface area contributed by atoms with E-state index in [9.17, 15) is 4.79 Å². The molecule has 274 valence electrons. The summed E-state index contributed by atoms with van der Waals surface area (Å²) < 4.78 is 7.03. The molecule has 2 fully saturated rings. The summed E-state index contributed by atoms with van der Waals surface area (Å²) in [5.41, 5.74) is 14.0. The number of ether oxygens (including phenoxy) is 1. The van der Waals surface area contributed by atoms with E-state index in [1.807, 2.05) is 12.1 Å². The van der Waals surface area contributed by atoms with Crippen molar-refractivity contribution in [2.75, 3.05) is 0 Å². The Morgan fingerprint density at radius 2 is 1.36 bits per heavy atom. The highest BCUT2D eigenvalue weighted by Gasteiger charge is 2.54. The van der Waals surface area contributed by atoms with E-state index in [0.717, 1.165) is 111 Å². The summed E-state index contributed by atoms with van der Waals surface area (Å²) in [5, 5.41) is 0. The van der Waals surface area contributed by atoms with Crippen molar-refractivity contribution in [1.82, 2.24) is 19.9 Å². The highest BCUT2D eigenvalue weighted by molar-refractivity contribution is 5.94. The third-order valence-corrected chi connectivity index (χ3v) is 13.3. The third kappa shape index (κ3) is 5.42. The van der Waals surface area contributed by atoms with Crippen molar-refractivity contribution in [1.29, 1.82) is 0 Å². The number of benzene rings is 3. The Morgan fingerprint density at radius 3 is 2.16 bits per heavy atom. The van der Waals surface area contributed by atoms with Gasteiger partial charge in [0.05, 0.1) is 22.6 Å². The summed E-state index contributed by atoms with van der Waals surface area (Å²) in [7, 11) is 0. The first-order chi connectivity index (χ1) is 27.5. The summed E-state index contributed by atoms with van der Waals surface area (Å²) >= 11 is 0. The van der Waals surface area contributed by atoms with Gasteiger partial charge in [0.2, 0.25) is 0 Å². The number of nitrogens with one attached hydrogen (secondary N) is 2. The van der Waals surface area contributed by atoms with Crippen LogP contribution < -0.4 is 4.74 Å². The van der Waals surface area contributed by atoms with Gasteiger partial charge in [-0.3, -0.25) is 4.79 Å². The highest BCUT2D eigenvalue weighted by atomic mass is 16.5. The van der Waals surface area contributed by atoms with Crippen LogP contribution in [-0.4, -0.2) is 25.7 Å². The van der Waals surface area contributed by atoms with E-state index in [1.165, 1.54) is 11.1 Å². The predicted molar refractivity (Wildman–Crippen MR) is 226 cm³/mol. The largest absolute Gasteiger partial charge is 0.453 e. The van der Waals surface area contributed by atoms with Gasteiger partial charge in [-0.25, -0.2) is 9.97 Å². The zero-order chi connectivity index (χ0) is 37.4. The summed E-state index contributed by atoms with van der Waals surface area (Å²) in [5.74, 6) is 3.55. The zero-order valence-electron chi connectivity index (χ0n) is 31.4. The van der Waals surface area contributed by atoms with Gasteiger partial charge in [-0.05, 0) is 139 Å². The number of carbonyl (C=O) groups excluding carboxylic acids is 1. The molecule has 0 saturated heterocycles. The van der Waals surface area contributed by atoms with Gasteiger partial charge in [0.25, 0.3) is 0 Å². The number of H-pyrrole nitrogens is 2. The number of Topliss-reactive ketones (excluding diaryl/α,β-unsaturated/α-hetero) is 1. The molecule has 8 bridgehead atoms. The van der Waals surface area contributed by atoms with Gasteiger partial charge in [0, 0.05) is 39.5 Å². The van der Waals surface area contributed by atoms with Crippen LogP contribution in [0.5, 0.6) is 11.5 Å². The minimum atomic E-state index is -0.124. The molecule has 56 heavy (non-hydrogen) atoms. The van der Waals surface area contributed by atoms with Crippen molar-refractivity contribution >= 4 is 52.2 Å². The van der Waals surface area contributed by atoms with Crippen molar-refractivity contribution in [3.63, 3.8) is 0 Å². The van der Waals surface area contributed by atoms with E-state index < -0.39 is 0 Å². The lowest BCUT2D eigenvalue weighted by Crippen LogP contribution is -2.42. The molecule has 6 nitrogen and oxygen atoms in total. The Bertz CT molecular complexity index is 2760. The third-order valence-electron chi connectivity index (χ3n) is 13.3. The van der Waals surface area contributed by atoms with Crippen molar-refractivity contribution in [2.45, 2.75) is 51.4 Å². The van der Waals surface area contributed by atoms with Crippen LogP contribution in [0.15, 0.2) is 109 Å². The standard InChI is InChI=1S/C50H42N4O2/c1-50-27-26-37-36-17-15-35(28-32(36)12-16-38(37)39(50)18-25-46(50)55)56-49-44-23-21-42(53-44)47(30-8-4-2-5-9-30)40-19-13-33(51-40)29-34-14-20-41(52-34)48(31-10-6-3-7-11-31)43-22-24-45(49)54-43/h2-11,13-15,17,19-24,28-29,37-39,51,54H,12,16,18,25-27H2,1H3/t37-,38-,39+,50+/m1/s1. The Kier molecular flexibility index (Phi) is 7.63. The molecule has 2 N–H and O–H groups in total. The van der Waals surface area contributed by atoms with Crippen LogP contribution in [0.3, 0.4) is 0 Å². The second-order valence-electron chi connectivity index (χ2n) is 16.3. The van der Waals surface area contributed by atoms with E-state index in [2.05, 4.69) is 138 Å². The van der Waals surface area contributed by atoms with Crippen molar-refractivity contribution < 1.29 is 9.53 Å². The Balaban J connectivity index is 1.10. The van der Waals surface area contributed by atoms with E-state index in [1.54, 1.807) is 0 Å². The lowest BCUT2D eigenvalue weighted by atomic mass is 9.55. The number of hydrogen-bond acceptors (Lipinski definition) is 4. The van der Waals surface area contributed by atoms with Gasteiger partial charge in [-0.15, -0.1) is 0 Å². The molecular formula is C50H42N4O2. The molecule has 5 heterocycles. The molecule has 11 rings (SSSR count). The number of aromatic nitrogens is 4. The molecule has 3 aliphatic carbocycles. The molecule has 6 heteroatoms. The van der Waals surface area contributed by atoms with Crippen LogP contribution in [0.1, 0.15) is 78.8 Å². The molecular weight excluding hydrogens is 689 g/mol. The molecule has 0 radical (unpaired) electrons. The molecule has 2 aliphatic heterocycles. The fourth-order valence-electron chi connectivity index (χ4n) is 10.5. The van der Waals surface area contributed by atoms with Crippen LogP contribution in [0.2, 0.25) is 0 Å². The summed E-state index contributed by atoms with van der Waals surface area (Å²) in [6, 6.07) is 38.1. The predicted octanol–water partition coefficient (Wildman–Crippen LogP) is 12.2. The number of fused-ring (bicyclic) bond motifs is 13. The quantitative estimate of drug-likeness (QED) is 0.189. The van der Waals surface area contributed by atoms with E-state index in [-0.39, 0.29) is 5.41 Å². The molecule has 2 saturated carbocycles. The lowest BCUT2D eigenvalue weighted by molar-refractivity contribution is -0.129. The van der Waals surface area contributed by atoms with Gasteiger partial charge in [-0.1, -0.05) is 73.7 Å². The Morgan fingerprint density at radius 1 is 0.661 bits per heavy atom. The fourth-order valence-corrected chi connectivity index (χ4v) is 10.5. The maximum absolute atomic E-state index is 13.0. The van der Waals surface area contributed by atoms with Crippen molar-refractivity contribution in [3.8, 4) is 33.8 Å². The topological polar surface area (TPSA) is 83.7 Å². The van der Waals surface area contributed by atoms with Crippen LogP contribution in [-0.2, 0) is 11.2 Å². The molecule has 5 aliphatic rings. The Labute approximate surface area is 326 Å². The van der Waals surface area contributed by atoms with Gasteiger partial charge in [-0.2, -0.15) is 0 Å². The Hall–Kier alpha value is -6.27. The number of aryl methyl sites for hydroxylation is 1. The van der Waals surface area contributed by atoms with Crippen LogP contribution in [0.4, 0.5) is 0 Å². The molecule has 0 unspecified atom stereocenters. The summed E-state index contributed by atoms with van der Waals surface area (Å²) in [6.45, 7) is 2.25. The van der Waals surface area contributed by atoms with Crippen molar-refractivity contribution in [2.24, 2.45) is 17.3 Å². The van der Waals surface area contributed by atoms with E-state index >= 15 is 0 Å². The molecule has 3 aromatic carbocycles. The second-order valence-corrected chi connectivity index (χ2v) is 16.3. The number of ketones is 1. The van der Waals surface area contributed by atoms with Crippen molar-refractivity contribution in [3.05, 3.63) is 143 Å². The number of rotatable bonds is 4. The monoisotopic (exact) mass is 730 g/mol.